The zero-order chi connectivity index (χ0) is 28.7. The minimum Gasteiger partial charge on any atom is -0.489 e. The topological polar surface area (TPSA) is 43.2 Å². The Morgan fingerprint density at radius 1 is 0.634 bits per heavy atom. The van der Waals surface area contributed by atoms with Gasteiger partial charge in [0.1, 0.15) is 24.7 Å². The summed E-state index contributed by atoms with van der Waals surface area (Å²) in [5, 5.41) is 0. The average molecular weight is 561 g/mol. The van der Waals surface area contributed by atoms with Crippen molar-refractivity contribution in [1.29, 1.82) is 0 Å². The molecule has 0 saturated heterocycles. The van der Waals surface area contributed by atoms with Gasteiger partial charge in [-0.15, -0.1) is 0 Å². The highest BCUT2D eigenvalue weighted by molar-refractivity contribution is 7.36. The van der Waals surface area contributed by atoms with Crippen LogP contribution in [0.1, 0.15) is 40.3 Å². The van der Waals surface area contributed by atoms with E-state index in [1.54, 1.807) is 0 Å². The van der Waals surface area contributed by atoms with Crippen molar-refractivity contribution in [3.8, 4) is 11.5 Å². The first-order chi connectivity index (χ1) is 20.1. The minimum absolute atomic E-state index is 0.466. The first-order valence-electron chi connectivity index (χ1n) is 13.8. The fourth-order valence-corrected chi connectivity index (χ4v) is 4.65. The van der Waals surface area contributed by atoms with E-state index in [9.17, 15) is 0 Å². The largest absolute Gasteiger partial charge is 0.489 e. The third-order valence-electron chi connectivity index (χ3n) is 6.40. The lowest BCUT2D eigenvalue weighted by Crippen LogP contribution is -2.01. The van der Waals surface area contributed by atoms with E-state index in [1.807, 2.05) is 97.4 Å². The van der Waals surface area contributed by atoms with Crippen molar-refractivity contribution < 1.29 is 9.47 Å². The second-order valence-corrected chi connectivity index (χ2v) is 10.8. The van der Waals surface area contributed by atoms with Crippen molar-refractivity contribution >= 4 is 33.3 Å². The van der Waals surface area contributed by atoms with E-state index in [2.05, 4.69) is 54.1 Å². The Morgan fingerprint density at radius 3 is 1.54 bits per heavy atom. The lowest BCUT2D eigenvalue weighted by atomic mass is 10.1. The van der Waals surface area contributed by atoms with Gasteiger partial charge in [0.15, 0.2) is 0 Å². The van der Waals surface area contributed by atoms with Crippen molar-refractivity contribution in [2.75, 3.05) is 12.7 Å². The number of hydrogen-bond donors (Lipinski definition) is 0. The van der Waals surface area contributed by atoms with E-state index in [-0.39, 0.29) is 0 Å². The minimum atomic E-state index is 0.466. The molecule has 0 heterocycles. The van der Waals surface area contributed by atoms with Crippen molar-refractivity contribution in [3.63, 3.8) is 0 Å². The average Bonchev–Trinajstić information content (AvgIpc) is 3.03. The standard InChI is InChI=1S/C36H37N2O2P/c1-4-29-6-10-33(11-7-29)25-39-35-18-14-31(15-19-35)23-37-22-28(3)27-41-38-24-32-16-20-36(21-17-32)40-26-34-12-8-30(5-2)9-13-34/h4-21,23-24,28,41H,1-2,22,25-27H2,3H3. The fourth-order valence-electron chi connectivity index (χ4n) is 3.86. The third kappa shape index (κ3) is 10.3. The van der Waals surface area contributed by atoms with Crippen molar-refractivity contribution in [1.82, 2.24) is 0 Å². The normalized spacial score (nSPS) is 12.2. The second-order valence-electron chi connectivity index (χ2n) is 9.83. The molecule has 0 N–H and O–H groups in total. The molecule has 0 aromatic heterocycles. The van der Waals surface area contributed by atoms with Crippen LogP contribution in [-0.2, 0) is 13.2 Å². The van der Waals surface area contributed by atoms with Crippen LogP contribution in [0.2, 0.25) is 0 Å². The molecular weight excluding hydrogens is 523 g/mol. The van der Waals surface area contributed by atoms with Crippen molar-refractivity contribution in [2.24, 2.45) is 15.7 Å². The van der Waals surface area contributed by atoms with Gasteiger partial charge < -0.3 is 9.47 Å². The number of ether oxygens (including phenoxy) is 2. The fraction of sp³-hybridized carbons (Fsp3) is 0.167. The van der Waals surface area contributed by atoms with E-state index in [0.717, 1.165) is 57.6 Å². The van der Waals surface area contributed by atoms with E-state index in [4.69, 9.17) is 9.47 Å². The maximum atomic E-state index is 5.90. The van der Waals surface area contributed by atoms with Gasteiger partial charge >= 0.3 is 0 Å². The Labute approximate surface area is 246 Å². The maximum absolute atomic E-state index is 5.90. The predicted octanol–water partition coefficient (Wildman–Crippen LogP) is 8.90. The summed E-state index contributed by atoms with van der Waals surface area (Å²) in [6, 6.07) is 32.5. The van der Waals surface area contributed by atoms with Crippen LogP contribution in [0.15, 0.2) is 120 Å². The lowest BCUT2D eigenvalue weighted by Gasteiger charge is -2.07. The van der Waals surface area contributed by atoms with Gasteiger partial charge in [0.25, 0.3) is 0 Å². The molecule has 0 bridgehead atoms. The molecule has 0 radical (unpaired) electrons. The van der Waals surface area contributed by atoms with Gasteiger partial charge in [-0.05, 0) is 94.0 Å². The van der Waals surface area contributed by atoms with E-state index >= 15 is 0 Å². The van der Waals surface area contributed by atoms with Crippen LogP contribution >= 0.6 is 8.73 Å². The molecule has 0 aliphatic carbocycles. The molecule has 0 spiro atoms. The molecular formula is C36H37N2O2P. The lowest BCUT2D eigenvalue weighted by molar-refractivity contribution is 0.306. The van der Waals surface area contributed by atoms with Crippen LogP contribution in [0.4, 0.5) is 0 Å². The molecule has 4 rings (SSSR count). The summed E-state index contributed by atoms with van der Waals surface area (Å²) in [5.74, 6) is 2.16. The third-order valence-corrected chi connectivity index (χ3v) is 7.60. The number of aliphatic imine (C=N–C) groups is 1. The van der Waals surface area contributed by atoms with Crippen LogP contribution in [0.25, 0.3) is 12.2 Å². The van der Waals surface area contributed by atoms with Gasteiger partial charge in [-0.25, -0.2) is 0 Å². The molecule has 0 amide bonds. The maximum Gasteiger partial charge on any atom is 0.119 e. The Morgan fingerprint density at radius 2 is 1.07 bits per heavy atom. The van der Waals surface area contributed by atoms with Gasteiger partial charge in [0.05, 0.1) is 0 Å². The quantitative estimate of drug-likeness (QED) is 0.108. The van der Waals surface area contributed by atoms with Crippen LogP contribution in [-0.4, -0.2) is 25.1 Å². The summed E-state index contributed by atoms with van der Waals surface area (Å²) in [5.41, 5.74) is 6.62. The van der Waals surface area contributed by atoms with Gasteiger partial charge in [0, 0.05) is 27.7 Å². The zero-order valence-electron chi connectivity index (χ0n) is 23.6. The highest BCUT2D eigenvalue weighted by Gasteiger charge is 2.01. The molecule has 208 valence electrons. The second kappa shape index (κ2) is 16.1. The zero-order valence-corrected chi connectivity index (χ0v) is 24.6. The van der Waals surface area contributed by atoms with E-state index in [1.165, 1.54) is 0 Å². The van der Waals surface area contributed by atoms with Gasteiger partial charge in [-0.1, -0.05) is 80.8 Å². The Kier molecular flexibility index (Phi) is 11.7. The SMILES string of the molecule is C=Cc1ccc(COc2ccc(C=NCC(C)CPN=Cc3ccc(OCc4ccc(C=C)cc4)cc3)cc2)cc1. The van der Waals surface area contributed by atoms with Crippen LogP contribution in [0, 0.1) is 5.92 Å². The highest BCUT2D eigenvalue weighted by atomic mass is 31.1. The summed E-state index contributed by atoms with van der Waals surface area (Å²) in [7, 11) is 0.514. The first kappa shape index (κ1) is 29.7. The van der Waals surface area contributed by atoms with Crippen molar-refractivity contribution in [3.05, 3.63) is 144 Å². The number of benzene rings is 4. The highest BCUT2D eigenvalue weighted by Crippen LogP contribution is 2.19. The predicted molar refractivity (Wildman–Crippen MR) is 177 cm³/mol. The van der Waals surface area contributed by atoms with Crippen LogP contribution < -0.4 is 9.47 Å². The van der Waals surface area contributed by atoms with Gasteiger partial charge in [0.2, 0.25) is 0 Å². The first-order valence-corrected chi connectivity index (χ1v) is 14.9. The number of hydrogen-bond acceptors (Lipinski definition) is 4. The summed E-state index contributed by atoms with van der Waals surface area (Å²) < 4.78 is 16.4. The molecule has 0 aliphatic rings. The molecule has 0 saturated carbocycles. The molecule has 0 fully saturated rings. The van der Waals surface area contributed by atoms with Gasteiger partial charge in [-0.3, -0.25) is 9.76 Å². The van der Waals surface area contributed by atoms with E-state index in [0.29, 0.717) is 27.9 Å². The molecule has 0 aliphatic heterocycles. The molecule has 4 nitrogen and oxygen atoms in total. The Hall–Kier alpha value is -4.27. The Bertz CT molecular complexity index is 1430. The Balaban J connectivity index is 1.12. The summed E-state index contributed by atoms with van der Waals surface area (Å²) in [4.78, 5) is 4.64. The number of rotatable bonds is 15. The summed E-state index contributed by atoms with van der Waals surface area (Å²) in [6.45, 7) is 11.6. The molecule has 4 aromatic rings. The summed E-state index contributed by atoms with van der Waals surface area (Å²) in [6.07, 6.45) is 8.56. The summed E-state index contributed by atoms with van der Waals surface area (Å²) >= 11 is 0. The van der Waals surface area contributed by atoms with Crippen LogP contribution in [0.5, 0.6) is 11.5 Å². The molecule has 41 heavy (non-hydrogen) atoms. The van der Waals surface area contributed by atoms with Crippen molar-refractivity contribution in [2.45, 2.75) is 20.1 Å². The smallest absolute Gasteiger partial charge is 0.119 e. The van der Waals surface area contributed by atoms with Crippen LogP contribution in [0.3, 0.4) is 0 Å². The molecule has 2 unspecified atom stereocenters. The molecule has 4 aromatic carbocycles. The van der Waals surface area contributed by atoms with Gasteiger partial charge in [-0.2, -0.15) is 0 Å². The van der Waals surface area contributed by atoms with E-state index < -0.39 is 0 Å². The number of nitrogens with zero attached hydrogens (tertiary/aromatic N) is 2. The monoisotopic (exact) mass is 560 g/mol. The molecule has 5 heteroatoms. The molecule has 2 atom stereocenters.